The summed E-state index contributed by atoms with van der Waals surface area (Å²) in [5.74, 6) is 0.337. The Balaban J connectivity index is 2.41. The van der Waals surface area contributed by atoms with Crippen molar-refractivity contribution in [1.29, 1.82) is 0 Å². The van der Waals surface area contributed by atoms with E-state index >= 15 is 0 Å². The molecule has 1 N–H and O–H groups in total. The minimum atomic E-state index is 0.337. The highest BCUT2D eigenvalue weighted by Gasteiger charge is 1.90. The van der Waals surface area contributed by atoms with Crippen LogP contribution in [0.15, 0.2) is 48.6 Å². The van der Waals surface area contributed by atoms with Crippen molar-refractivity contribution in [3.8, 4) is 5.75 Å². The molecule has 0 atom stereocenters. The van der Waals surface area contributed by atoms with Crippen molar-refractivity contribution < 1.29 is 5.11 Å². The number of hydrogen-bond donors (Lipinski definition) is 1. The second-order valence-corrected chi connectivity index (χ2v) is 3.15. The second-order valence-electron chi connectivity index (χ2n) is 3.15. The molecule has 1 heteroatoms. The molecule has 0 amide bonds. The summed E-state index contributed by atoms with van der Waals surface area (Å²) in [6.07, 6.45) is 10.3. The molecule has 0 radical (unpaired) electrons. The van der Waals surface area contributed by atoms with Crippen molar-refractivity contribution in [3.05, 3.63) is 54.1 Å². The Bertz CT molecular complexity index is 324. The summed E-state index contributed by atoms with van der Waals surface area (Å²) >= 11 is 0. The van der Waals surface area contributed by atoms with Gasteiger partial charge in [-0.3, -0.25) is 0 Å². The molecule has 0 saturated heterocycles. The average molecular weight is 188 g/mol. The van der Waals surface area contributed by atoms with Crippen LogP contribution < -0.4 is 0 Å². The van der Waals surface area contributed by atoms with Crippen molar-refractivity contribution >= 4 is 0 Å². The van der Waals surface area contributed by atoms with Crippen LogP contribution in [0.2, 0.25) is 0 Å². The lowest BCUT2D eigenvalue weighted by molar-refractivity contribution is 0.474. The van der Waals surface area contributed by atoms with Crippen LogP contribution in [0.25, 0.3) is 0 Å². The first-order valence-electron chi connectivity index (χ1n) is 4.87. The monoisotopic (exact) mass is 188 g/mol. The number of phenols is 1. The predicted molar refractivity (Wildman–Crippen MR) is 60.4 cm³/mol. The van der Waals surface area contributed by atoms with E-state index in [1.165, 1.54) is 0 Å². The number of benzene rings is 1. The first-order valence-corrected chi connectivity index (χ1v) is 4.87. The predicted octanol–water partition coefficient (Wildman–Crippen LogP) is 3.46. The van der Waals surface area contributed by atoms with E-state index in [0.717, 1.165) is 18.4 Å². The van der Waals surface area contributed by atoms with Gasteiger partial charge in [-0.1, -0.05) is 36.4 Å². The summed E-state index contributed by atoms with van der Waals surface area (Å²) in [7, 11) is 0. The Morgan fingerprint density at radius 3 is 2.79 bits per heavy atom. The highest BCUT2D eigenvalue weighted by atomic mass is 16.3. The fraction of sp³-hybridized carbons (Fsp3) is 0.231. The van der Waals surface area contributed by atoms with Gasteiger partial charge in [0.25, 0.3) is 0 Å². The molecule has 0 heterocycles. The van der Waals surface area contributed by atoms with Crippen molar-refractivity contribution in [2.45, 2.75) is 19.8 Å². The number of rotatable bonds is 4. The molecule has 0 spiro atoms. The molecule has 1 aromatic rings. The third kappa shape index (κ3) is 3.94. The average Bonchev–Trinajstić information content (AvgIpc) is 2.18. The van der Waals surface area contributed by atoms with E-state index in [1.807, 2.05) is 25.1 Å². The van der Waals surface area contributed by atoms with Crippen molar-refractivity contribution in [3.63, 3.8) is 0 Å². The van der Waals surface area contributed by atoms with E-state index in [0.29, 0.717) is 5.75 Å². The zero-order valence-corrected chi connectivity index (χ0v) is 8.48. The molecule has 0 fully saturated rings. The van der Waals surface area contributed by atoms with Crippen LogP contribution in [0.5, 0.6) is 5.75 Å². The van der Waals surface area contributed by atoms with E-state index in [1.54, 1.807) is 12.1 Å². The van der Waals surface area contributed by atoms with Gasteiger partial charge in [0.1, 0.15) is 5.75 Å². The van der Waals surface area contributed by atoms with Gasteiger partial charge >= 0.3 is 0 Å². The second kappa shape index (κ2) is 6.03. The molecule has 0 aliphatic heterocycles. The maximum Gasteiger partial charge on any atom is 0.115 e. The first-order chi connectivity index (χ1) is 6.83. The third-order valence-electron chi connectivity index (χ3n) is 1.94. The molecule has 0 unspecified atom stereocenters. The topological polar surface area (TPSA) is 20.2 Å². The van der Waals surface area contributed by atoms with Crippen LogP contribution in [0.1, 0.15) is 18.9 Å². The molecular formula is C13H16O. The Labute approximate surface area is 85.4 Å². The van der Waals surface area contributed by atoms with E-state index < -0.39 is 0 Å². The molecule has 0 saturated carbocycles. The lowest BCUT2D eigenvalue weighted by Gasteiger charge is -1.96. The van der Waals surface area contributed by atoms with Crippen LogP contribution >= 0.6 is 0 Å². The minimum absolute atomic E-state index is 0.337. The van der Waals surface area contributed by atoms with Crippen LogP contribution in [-0.4, -0.2) is 5.11 Å². The summed E-state index contributed by atoms with van der Waals surface area (Å²) in [5, 5.41) is 9.22. The largest absolute Gasteiger partial charge is 0.508 e. The number of phenolic OH excluding ortho intramolecular Hbond substituents is 1. The van der Waals surface area contributed by atoms with E-state index in [9.17, 15) is 5.11 Å². The molecule has 1 nitrogen and oxygen atoms in total. The van der Waals surface area contributed by atoms with Crippen molar-refractivity contribution in [1.82, 2.24) is 0 Å². The molecule has 1 rings (SSSR count). The Morgan fingerprint density at radius 2 is 2.07 bits per heavy atom. The zero-order chi connectivity index (χ0) is 10.2. The van der Waals surface area contributed by atoms with Gasteiger partial charge in [-0.2, -0.15) is 0 Å². The van der Waals surface area contributed by atoms with Crippen LogP contribution in [0, 0.1) is 0 Å². The van der Waals surface area contributed by atoms with Gasteiger partial charge in [-0.15, -0.1) is 0 Å². The van der Waals surface area contributed by atoms with Crippen molar-refractivity contribution in [2.75, 3.05) is 0 Å². The van der Waals surface area contributed by atoms with Gasteiger partial charge in [0, 0.05) is 0 Å². The Morgan fingerprint density at radius 1 is 1.21 bits per heavy atom. The molecule has 74 valence electrons. The number of hydrogen-bond acceptors (Lipinski definition) is 1. The summed E-state index contributed by atoms with van der Waals surface area (Å²) in [6.45, 7) is 2.02. The van der Waals surface area contributed by atoms with Gasteiger partial charge in [-0.25, -0.2) is 0 Å². The minimum Gasteiger partial charge on any atom is -0.508 e. The number of aromatic hydroxyl groups is 1. The van der Waals surface area contributed by atoms with Gasteiger partial charge in [0.2, 0.25) is 0 Å². The first kappa shape index (κ1) is 10.6. The van der Waals surface area contributed by atoms with Crippen LogP contribution in [0.4, 0.5) is 0 Å². The normalized spacial score (nSPS) is 11.5. The van der Waals surface area contributed by atoms with Gasteiger partial charge in [0.15, 0.2) is 0 Å². The summed E-state index contributed by atoms with van der Waals surface area (Å²) in [6, 6.07) is 7.36. The van der Waals surface area contributed by atoms with Gasteiger partial charge < -0.3 is 5.11 Å². The summed E-state index contributed by atoms with van der Waals surface area (Å²) < 4.78 is 0. The SMILES string of the molecule is C/C=C/C/C=C/Cc1cccc(O)c1. The molecular weight excluding hydrogens is 172 g/mol. The molecule has 0 aromatic heterocycles. The summed E-state index contributed by atoms with van der Waals surface area (Å²) in [4.78, 5) is 0. The summed E-state index contributed by atoms with van der Waals surface area (Å²) in [5.41, 5.74) is 1.14. The van der Waals surface area contributed by atoms with Gasteiger partial charge in [0.05, 0.1) is 0 Å². The molecule has 0 aliphatic carbocycles. The Kier molecular flexibility index (Phi) is 4.56. The maximum absolute atomic E-state index is 9.22. The highest BCUT2D eigenvalue weighted by molar-refractivity contribution is 5.28. The van der Waals surface area contributed by atoms with Crippen LogP contribution in [0.3, 0.4) is 0 Å². The zero-order valence-electron chi connectivity index (χ0n) is 8.48. The van der Waals surface area contributed by atoms with Crippen molar-refractivity contribution in [2.24, 2.45) is 0 Å². The fourth-order valence-corrected chi connectivity index (χ4v) is 1.21. The maximum atomic E-state index is 9.22. The highest BCUT2D eigenvalue weighted by Crippen LogP contribution is 2.11. The standard InChI is InChI=1S/C13H16O/c1-2-3-4-5-6-8-12-9-7-10-13(14)11-12/h2-3,5-7,9-11,14H,4,8H2,1H3/b3-2+,6-5+. The lowest BCUT2D eigenvalue weighted by atomic mass is 10.1. The lowest BCUT2D eigenvalue weighted by Crippen LogP contribution is -1.79. The van der Waals surface area contributed by atoms with Crippen LogP contribution in [-0.2, 0) is 6.42 Å². The van der Waals surface area contributed by atoms with E-state index in [2.05, 4.69) is 18.2 Å². The van der Waals surface area contributed by atoms with E-state index in [-0.39, 0.29) is 0 Å². The smallest absolute Gasteiger partial charge is 0.115 e. The molecule has 14 heavy (non-hydrogen) atoms. The molecule has 0 bridgehead atoms. The number of allylic oxidation sites excluding steroid dienone is 4. The molecule has 0 aliphatic rings. The van der Waals surface area contributed by atoms with E-state index in [4.69, 9.17) is 0 Å². The van der Waals surface area contributed by atoms with Gasteiger partial charge in [-0.05, 0) is 37.5 Å². The molecule has 1 aromatic carbocycles. The third-order valence-corrected chi connectivity index (χ3v) is 1.94. The Hall–Kier alpha value is -1.50. The fourth-order valence-electron chi connectivity index (χ4n) is 1.21. The quantitative estimate of drug-likeness (QED) is 0.717.